The maximum atomic E-state index is 11.2. The Bertz CT molecular complexity index is 636. The smallest absolute Gasteiger partial charge is 0.336 e. The number of carboxylic acid groups (broad SMARTS) is 1. The Morgan fingerprint density at radius 3 is 2.89 bits per heavy atom. The molecule has 0 saturated heterocycles. The number of rotatable bonds is 2. The molecule has 3 rings (SSSR count). The minimum absolute atomic E-state index is 0.162. The summed E-state index contributed by atoms with van der Waals surface area (Å²) in [4.78, 5) is 11.2. The van der Waals surface area contributed by atoms with Gasteiger partial charge in [0.1, 0.15) is 12.1 Å². The van der Waals surface area contributed by atoms with Crippen LogP contribution in [0.25, 0.3) is 11.4 Å². The lowest BCUT2D eigenvalue weighted by atomic mass is 10.1. The molecule has 19 heavy (non-hydrogen) atoms. The number of aromatic carboxylic acids is 1. The average molecular weight is 259 g/mol. The van der Waals surface area contributed by atoms with Crippen LogP contribution in [0, 0.1) is 0 Å². The predicted octanol–water partition coefficient (Wildman–Crippen LogP) is 1.47. The highest BCUT2D eigenvalue weighted by Gasteiger charge is 2.25. The van der Waals surface area contributed by atoms with Gasteiger partial charge in [0, 0.05) is 12.0 Å². The molecule has 0 amide bonds. The second-order valence-electron chi connectivity index (χ2n) is 4.53. The lowest BCUT2D eigenvalue weighted by molar-refractivity contribution is 0.0694. The lowest BCUT2D eigenvalue weighted by Crippen LogP contribution is -2.18. The number of aliphatic hydroxyl groups is 1. The Labute approximate surface area is 109 Å². The Morgan fingerprint density at radius 1 is 1.32 bits per heavy atom. The molecule has 0 fully saturated rings. The van der Waals surface area contributed by atoms with Gasteiger partial charge in [-0.3, -0.25) is 4.57 Å². The third-order valence-electron chi connectivity index (χ3n) is 3.33. The molecule has 0 aliphatic carbocycles. The summed E-state index contributed by atoms with van der Waals surface area (Å²) in [5.74, 6) is 0.104. The van der Waals surface area contributed by atoms with Crippen molar-refractivity contribution in [2.45, 2.75) is 25.5 Å². The molecule has 2 heterocycles. The van der Waals surface area contributed by atoms with Crippen LogP contribution in [0.2, 0.25) is 0 Å². The van der Waals surface area contributed by atoms with Crippen molar-refractivity contribution in [3.05, 3.63) is 35.7 Å². The summed E-state index contributed by atoms with van der Waals surface area (Å²) < 4.78 is 1.63. The summed E-state index contributed by atoms with van der Waals surface area (Å²) in [6.45, 7) is 0. The quantitative estimate of drug-likeness (QED) is 0.852. The van der Waals surface area contributed by atoms with Crippen LogP contribution >= 0.6 is 0 Å². The number of carbonyl (C=O) groups is 1. The molecule has 0 spiro atoms. The van der Waals surface area contributed by atoms with Crippen molar-refractivity contribution in [2.24, 2.45) is 0 Å². The zero-order valence-corrected chi connectivity index (χ0v) is 10.2. The second-order valence-corrected chi connectivity index (χ2v) is 4.53. The molecule has 98 valence electrons. The van der Waals surface area contributed by atoms with E-state index in [4.69, 9.17) is 0 Å². The van der Waals surface area contributed by atoms with Crippen molar-refractivity contribution in [1.82, 2.24) is 14.8 Å². The van der Waals surface area contributed by atoms with Crippen LogP contribution in [0.3, 0.4) is 0 Å². The number of carboxylic acids is 1. The first-order valence-electron chi connectivity index (χ1n) is 6.13. The van der Waals surface area contributed by atoms with Crippen LogP contribution in [0.4, 0.5) is 0 Å². The van der Waals surface area contributed by atoms with E-state index in [1.807, 2.05) is 0 Å². The summed E-state index contributed by atoms with van der Waals surface area (Å²) in [7, 11) is 0. The SMILES string of the molecule is O=C(O)c1ccccc1-c1nnc2n1C(O)CCC2. The standard InChI is InChI=1S/C13H13N3O3/c17-11-7-3-6-10-14-15-12(16(10)11)8-4-1-2-5-9(8)13(18)19/h1-2,4-5,11,17H,3,6-7H2,(H,18,19). The number of aliphatic hydroxyl groups excluding tert-OH is 1. The number of nitrogens with zero attached hydrogens (tertiary/aromatic N) is 3. The van der Waals surface area contributed by atoms with Crippen molar-refractivity contribution < 1.29 is 15.0 Å². The molecule has 1 atom stereocenters. The fourth-order valence-corrected chi connectivity index (χ4v) is 2.43. The summed E-state index contributed by atoms with van der Waals surface area (Å²) in [6.07, 6.45) is 1.56. The molecule has 2 aromatic rings. The van der Waals surface area contributed by atoms with Crippen LogP contribution in [0.1, 0.15) is 35.3 Å². The zero-order valence-electron chi connectivity index (χ0n) is 10.2. The van der Waals surface area contributed by atoms with Crippen LogP contribution in [-0.4, -0.2) is 30.9 Å². The van der Waals surface area contributed by atoms with Crippen LogP contribution in [-0.2, 0) is 6.42 Å². The Morgan fingerprint density at radius 2 is 2.11 bits per heavy atom. The second kappa shape index (κ2) is 4.47. The van der Waals surface area contributed by atoms with E-state index in [0.717, 1.165) is 12.8 Å². The summed E-state index contributed by atoms with van der Waals surface area (Å²) in [5.41, 5.74) is 0.644. The van der Waals surface area contributed by atoms with Crippen molar-refractivity contribution in [1.29, 1.82) is 0 Å². The Balaban J connectivity index is 2.18. The topological polar surface area (TPSA) is 88.2 Å². The maximum absolute atomic E-state index is 11.2. The third kappa shape index (κ3) is 1.90. The van der Waals surface area contributed by atoms with Crippen molar-refractivity contribution >= 4 is 5.97 Å². The van der Waals surface area contributed by atoms with E-state index in [-0.39, 0.29) is 5.56 Å². The highest BCUT2D eigenvalue weighted by molar-refractivity contribution is 5.95. The molecule has 1 aliphatic heterocycles. The van der Waals surface area contributed by atoms with Gasteiger partial charge in [-0.05, 0) is 18.9 Å². The number of hydrogen-bond acceptors (Lipinski definition) is 4. The molecule has 1 aliphatic rings. The molecule has 0 radical (unpaired) electrons. The zero-order chi connectivity index (χ0) is 13.4. The molecule has 2 N–H and O–H groups in total. The largest absolute Gasteiger partial charge is 0.478 e. The van der Waals surface area contributed by atoms with Gasteiger partial charge in [-0.2, -0.15) is 0 Å². The predicted molar refractivity (Wildman–Crippen MR) is 66.6 cm³/mol. The van der Waals surface area contributed by atoms with Gasteiger partial charge >= 0.3 is 5.97 Å². The molecule has 0 saturated carbocycles. The van der Waals surface area contributed by atoms with Crippen LogP contribution < -0.4 is 0 Å². The fraction of sp³-hybridized carbons (Fsp3) is 0.308. The number of fused-ring (bicyclic) bond motifs is 1. The van der Waals surface area contributed by atoms with Gasteiger partial charge in [0.25, 0.3) is 0 Å². The molecule has 1 unspecified atom stereocenters. The maximum Gasteiger partial charge on any atom is 0.336 e. The van der Waals surface area contributed by atoms with Gasteiger partial charge in [0.15, 0.2) is 5.82 Å². The summed E-state index contributed by atoms with van der Waals surface area (Å²) in [6, 6.07) is 6.62. The molecular formula is C13H13N3O3. The highest BCUT2D eigenvalue weighted by Crippen LogP contribution is 2.30. The lowest BCUT2D eigenvalue weighted by Gasteiger charge is -2.21. The molecule has 1 aromatic carbocycles. The minimum atomic E-state index is -1.02. The Hall–Kier alpha value is -2.21. The van der Waals surface area contributed by atoms with Gasteiger partial charge in [-0.1, -0.05) is 18.2 Å². The van der Waals surface area contributed by atoms with Crippen molar-refractivity contribution in [3.8, 4) is 11.4 Å². The van der Waals surface area contributed by atoms with Crippen LogP contribution in [0.5, 0.6) is 0 Å². The van der Waals surface area contributed by atoms with Gasteiger partial charge in [0.2, 0.25) is 0 Å². The summed E-state index contributed by atoms with van der Waals surface area (Å²) >= 11 is 0. The van der Waals surface area contributed by atoms with E-state index in [1.165, 1.54) is 6.07 Å². The van der Waals surface area contributed by atoms with E-state index in [1.54, 1.807) is 22.8 Å². The van der Waals surface area contributed by atoms with Gasteiger partial charge in [-0.15, -0.1) is 10.2 Å². The van der Waals surface area contributed by atoms with E-state index < -0.39 is 12.2 Å². The first-order valence-corrected chi connectivity index (χ1v) is 6.13. The number of aryl methyl sites for hydroxylation is 1. The molecule has 1 aromatic heterocycles. The average Bonchev–Trinajstić information content (AvgIpc) is 2.84. The van der Waals surface area contributed by atoms with Crippen LogP contribution in [0.15, 0.2) is 24.3 Å². The number of benzene rings is 1. The normalized spacial score (nSPS) is 18.1. The monoisotopic (exact) mass is 259 g/mol. The Kier molecular flexibility index (Phi) is 2.79. The van der Waals surface area contributed by atoms with E-state index in [2.05, 4.69) is 10.2 Å². The molecule has 6 heteroatoms. The molecular weight excluding hydrogens is 246 g/mol. The first-order chi connectivity index (χ1) is 9.18. The van der Waals surface area contributed by atoms with Gasteiger partial charge < -0.3 is 10.2 Å². The highest BCUT2D eigenvalue weighted by atomic mass is 16.4. The summed E-state index contributed by atoms with van der Waals surface area (Å²) in [5, 5.41) is 27.4. The number of hydrogen-bond donors (Lipinski definition) is 2. The first kappa shape index (κ1) is 11.9. The molecule has 6 nitrogen and oxygen atoms in total. The van der Waals surface area contributed by atoms with E-state index in [0.29, 0.717) is 23.6 Å². The van der Waals surface area contributed by atoms with E-state index in [9.17, 15) is 15.0 Å². The van der Waals surface area contributed by atoms with Crippen molar-refractivity contribution in [3.63, 3.8) is 0 Å². The van der Waals surface area contributed by atoms with E-state index >= 15 is 0 Å². The minimum Gasteiger partial charge on any atom is -0.478 e. The third-order valence-corrected chi connectivity index (χ3v) is 3.33. The van der Waals surface area contributed by atoms with Crippen molar-refractivity contribution in [2.75, 3.05) is 0 Å². The van der Waals surface area contributed by atoms with Gasteiger partial charge in [-0.25, -0.2) is 4.79 Å². The number of aromatic nitrogens is 3. The fourth-order valence-electron chi connectivity index (χ4n) is 2.43. The molecule has 0 bridgehead atoms. The van der Waals surface area contributed by atoms with Gasteiger partial charge in [0.05, 0.1) is 5.56 Å².